The molecule has 1 amide bonds. The summed E-state index contributed by atoms with van der Waals surface area (Å²) in [7, 11) is 0. The highest BCUT2D eigenvalue weighted by molar-refractivity contribution is 7.99. The molecular formula is C17H25NO2S. The number of amides is 1. The van der Waals surface area contributed by atoms with Crippen LogP contribution in [0, 0.1) is 5.92 Å². The maximum atomic E-state index is 12.6. The van der Waals surface area contributed by atoms with Crippen molar-refractivity contribution in [2.45, 2.75) is 38.2 Å². The van der Waals surface area contributed by atoms with Crippen molar-refractivity contribution in [2.24, 2.45) is 5.92 Å². The van der Waals surface area contributed by atoms with Gasteiger partial charge >= 0.3 is 0 Å². The lowest BCUT2D eigenvalue weighted by Crippen LogP contribution is -2.45. The van der Waals surface area contributed by atoms with E-state index in [4.69, 9.17) is 0 Å². The summed E-state index contributed by atoms with van der Waals surface area (Å²) in [6.07, 6.45) is 1.71. The van der Waals surface area contributed by atoms with Gasteiger partial charge in [0.05, 0.1) is 11.5 Å². The third kappa shape index (κ3) is 4.24. The molecule has 2 rings (SSSR count). The van der Waals surface area contributed by atoms with E-state index in [1.807, 2.05) is 30.3 Å². The predicted octanol–water partition coefficient (Wildman–Crippen LogP) is 2.80. The molecule has 0 radical (unpaired) electrons. The Morgan fingerprint density at radius 3 is 2.71 bits per heavy atom. The zero-order chi connectivity index (χ0) is 15.3. The van der Waals surface area contributed by atoms with Crippen molar-refractivity contribution in [3.63, 3.8) is 0 Å². The highest BCUT2D eigenvalue weighted by atomic mass is 32.2. The lowest BCUT2D eigenvalue weighted by molar-refractivity contribution is -0.124. The third-order valence-corrected chi connectivity index (χ3v) is 5.56. The van der Waals surface area contributed by atoms with Gasteiger partial charge in [0.1, 0.15) is 0 Å². The van der Waals surface area contributed by atoms with E-state index >= 15 is 0 Å². The maximum absolute atomic E-state index is 12.6. The fraction of sp³-hybridized carbons (Fsp3) is 0.588. The number of aliphatic hydroxyl groups is 1. The molecule has 1 fully saturated rings. The van der Waals surface area contributed by atoms with E-state index in [0.717, 1.165) is 24.2 Å². The van der Waals surface area contributed by atoms with Crippen molar-refractivity contribution in [3.8, 4) is 0 Å². The smallest absolute Gasteiger partial charge is 0.227 e. The quantitative estimate of drug-likeness (QED) is 0.849. The predicted molar refractivity (Wildman–Crippen MR) is 88.5 cm³/mol. The van der Waals surface area contributed by atoms with Gasteiger partial charge in [-0.25, -0.2) is 0 Å². The maximum Gasteiger partial charge on any atom is 0.227 e. The lowest BCUT2D eigenvalue weighted by atomic mass is 9.84. The standard InChI is InChI=1S/C17H25NO2S/c1-3-13(2)15(14-7-5-4-6-8-14)16(19)18-11-17(20)9-10-21-12-17/h4-8,13,15,20H,3,9-12H2,1-2H3,(H,18,19). The average molecular weight is 307 g/mol. The number of nitrogens with one attached hydrogen (secondary N) is 1. The summed E-state index contributed by atoms with van der Waals surface area (Å²) in [6, 6.07) is 9.93. The van der Waals surface area contributed by atoms with E-state index in [9.17, 15) is 9.90 Å². The first kappa shape index (κ1) is 16.4. The van der Waals surface area contributed by atoms with E-state index in [2.05, 4.69) is 19.2 Å². The molecule has 0 aromatic heterocycles. The van der Waals surface area contributed by atoms with Crippen LogP contribution >= 0.6 is 11.8 Å². The number of carbonyl (C=O) groups is 1. The van der Waals surface area contributed by atoms with Gasteiger partial charge in [0.25, 0.3) is 0 Å². The van der Waals surface area contributed by atoms with Crippen LogP contribution in [0.4, 0.5) is 0 Å². The lowest BCUT2D eigenvalue weighted by Gasteiger charge is -2.26. The zero-order valence-electron chi connectivity index (χ0n) is 12.8. The van der Waals surface area contributed by atoms with Crippen LogP contribution in [0.3, 0.4) is 0 Å². The van der Waals surface area contributed by atoms with Gasteiger partial charge < -0.3 is 10.4 Å². The van der Waals surface area contributed by atoms with Gasteiger partial charge in [-0.1, -0.05) is 50.6 Å². The zero-order valence-corrected chi connectivity index (χ0v) is 13.7. The Hall–Kier alpha value is -1.00. The SMILES string of the molecule is CCC(C)C(C(=O)NCC1(O)CCSC1)c1ccccc1. The summed E-state index contributed by atoms with van der Waals surface area (Å²) >= 11 is 1.75. The Morgan fingerprint density at radius 2 is 2.14 bits per heavy atom. The summed E-state index contributed by atoms with van der Waals surface area (Å²) < 4.78 is 0. The van der Waals surface area contributed by atoms with Crippen molar-refractivity contribution in [1.82, 2.24) is 5.32 Å². The Kier molecular flexibility index (Phi) is 5.71. The largest absolute Gasteiger partial charge is 0.387 e. The molecule has 2 N–H and O–H groups in total. The summed E-state index contributed by atoms with van der Waals surface area (Å²) in [6.45, 7) is 4.57. The van der Waals surface area contributed by atoms with Crippen LogP contribution in [0.2, 0.25) is 0 Å². The molecule has 0 aliphatic carbocycles. The van der Waals surface area contributed by atoms with Gasteiger partial charge in [-0.2, -0.15) is 11.8 Å². The topological polar surface area (TPSA) is 49.3 Å². The number of thioether (sulfide) groups is 1. The average Bonchev–Trinajstić information content (AvgIpc) is 2.93. The molecule has 3 atom stereocenters. The summed E-state index contributed by atoms with van der Waals surface area (Å²) in [4.78, 5) is 12.6. The van der Waals surface area contributed by atoms with Crippen LogP contribution in [-0.4, -0.2) is 34.7 Å². The normalized spacial score (nSPS) is 24.5. The molecule has 1 aromatic carbocycles. The fourth-order valence-electron chi connectivity index (χ4n) is 2.73. The van der Waals surface area contributed by atoms with Crippen molar-refractivity contribution >= 4 is 17.7 Å². The van der Waals surface area contributed by atoms with Gasteiger partial charge in [0.15, 0.2) is 0 Å². The number of hydrogen-bond acceptors (Lipinski definition) is 3. The Morgan fingerprint density at radius 1 is 1.43 bits per heavy atom. The van der Waals surface area contributed by atoms with E-state index in [1.54, 1.807) is 11.8 Å². The second-order valence-electron chi connectivity index (χ2n) is 6.02. The minimum Gasteiger partial charge on any atom is -0.387 e. The molecule has 1 saturated heterocycles. The van der Waals surface area contributed by atoms with E-state index in [1.165, 1.54) is 0 Å². The molecule has 0 spiro atoms. The molecule has 21 heavy (non-hydrogen) atoms. The van der Waals surface area contributed by atoms with E-state index < -0.39 is 5.60 Å². The Bertz CT molecular complexity index is 457. The molecule has 1 aliphatic rings. The number of benzene rings is 1. The van der Waals surface area contributed by atoms with Crippen LogP contribution in [0.1, 0.15) is 38.2 Å². The fourth-order valence-corrected chi connectivity index (χ4v) is 4.03. The molecule has 3 nitrogen and oxygen atoms in total. The molecule has 4 heteroatoms. The van der Waals surface area contributed by atoms with E-state index in [-0.39, 0.29) is 17.7 Å². The molecular weight excluding hydrogens is 282 g/mol. The molecule has 0 bridgehead atoms. The van der Waals surface area contributed by atoms with Crippen molar-refractivity contribution in [3.05, 3.63) is 35.9 Å². The monoisotopic (exact) mass is 307 g/mol. The highest BCUT2D eigenvalue weighted by Gasteiger charge is 2.33. The van der Waals surface area contributed by atoms with Crippen molar-refractivity contribution in [1.29, 1.82) is 0 Å². The summed E-state index contributed by atoms with van der Waals surface area (Å²) in [5.74, 6) is 1.85. The van der Waals surface area contributed by atoms with Gasteiger partial charge in [0, 0.05) is 12.3 Å². The molecule has 0 saturated carbocycles. The second-order valence-corrected chi connectivity index (χ2v) is 7.12. The Labute approximate surface area is 131 Å². The second kappa shape index (κ2) is 7.32. The first-order chi connectivity index (χ1) is 10.1. The Balaban J connectivity index is 2.04. The van der Waals surface area contributed by atoms with Crippen molar-refractivity contribution < 1.29 is 9.90 Å². The summed E-state index contributed by atoms with van der Waals surface area (Å²) in [5.41, 5.74) is 0.328. The first-order valence-corrected chi connectivity index (χ1v) is 8.84. The molecule has 1 aromatic rings. The van der Waals surface area contributed by atoms with Gasteiger partial charge in [-0.15, -0.1) is 0 Å². The van der Waals surface area contributed by atoms with Crippen LogP contribution in [0.5, 0.6) is 0 Å². The van der Waals surface area contributed by atoms with E-state index in [0.29, 0.717) is 12.3 Å². The highest BCUT2D eigenvalue weighted by Crippen LogP contribution is 2.29. The molecule has 1 aliphatic heterocycles. The van der Waals surface area contributed by atoms with Gasteiger partial charge in [0.2, 0.25) is 5.91 Å². The molecule has 3 unspecified atom stereocenters. The van der Waals surface area contributed by atoms with Crippen LogP contribution in [-0.2, 0) is 4.79 Å². The number of hydrogen-bond donors (Lipinski definition) is 2. The van der Waals surface area contributed by atoms with Gasteiger partial charge in [-0.3, -0.25) is 4.79 Å². The third-order valence-electron chi connectivity index (χ3n) is 4.33. The number of carbonyl (C=O) groups excluding carboxylic acids is 1. The van der Waals surface area contributed by atoms with Gasteiger partial charge in [-0.05, 0) is 23.7 Å². The number of rotatable bonds is 6. The van der Waals surface area contributed by atoms with Crippen LogP contribution in [0.25, 0.3) is 0 Å². The van der Waals surface area contributed by atoms with Crippen LogP contribution in [0.15, 0.2) is 30.3 Å². The van der Waals surface area contributed by atoms with Crippen molar-refractivity contribution in [2.75, 3.05) is 18.1 Å². The minimum absolute atomic E-state index is 0.0286. The first-order valence-electron chi connectivity index (χ1n) is 7.68. The molecule has 1 heterocycles. The molecule has 116 valence electrons. The minimum atomic E-state index is -0.725. The van der Waals surface area contributed by atoms with Crippen LogP contribution < -0.4 is 5.32 Å². The summed E-state index contributed by atoms with van der Waals surface area (Å²) in [5, 5.41) is 13.3.